The highest BCUT2D eigenvalue weighted by Crippen LogP contribution is 2.44. The minimum atomic E-state index is -0.346. The van der Waals surface area contributed by atoms with Crippen molar-refractivity contribution in [2.24, 2.45) is 0 Å². The number of nitrogens with one attached hydrogen (secondary N) is 2. The van der Waals surface area contributed by atoms with Gasteiger partial charge in [-0.1, -0.05) is 13.8 Å². The van der Waals surface area contributed by atoms with E-state index in [-0.39, 0.29) is 17.9 Å². The number of rotatable bonds is 7. The van der Waals surface area contributed by atoms with Gasteiger partial charge in [0.25, 0.3) is 0 Å². The molecule has 0 spiro atoms. The molecule has 0 aromatic carbocycles. The standard InChI is InChI=1S/C27H34N4O3S2/c1-4-30-14-11-18-19(25(36-21(18)16-30)31-12-6-7-13-31)15-28-27(33)29-24-23(26(32)34-5-2)22-17(3)9-8-10-20(22)35-24/h6-7,12-13,17H,4-5,8-11,14-16H2,1-3H3,(H2,28,29,33). The Morgan fingerprint density at radius 3 is 2.69 bits per heavy atom. The Bertz CT molecular complexity index is 1240. The number of hydrogen-bond donors (Lipinski definition) is 2. The Morgan fingerprint density at radius 2 is 1.94 bits per heavy atom. The van der Waals surface area contributed by atoms with Gasteiger partial charge < -0.3 is 14.6 Å². The summed E-state index contributed by atoms with van der Waals surface area (Å²) in [6.07, 6.45) is 8.19. The normalized spacial score (nSPS) is 17.4. The van der Waals surface area contributed by atoms with Gasteiger partial charge in [0.15, 0.2) is 0 Å². The molecule has 5 rings (SSSR count). The lowest BCUT2D eigenvalue weighted by Crippen LogP contribution is -2.31. The first-order valence-corrected chi connectivity index (χ1v) is 14.5. The molecule has 1 aliphatic heterocycles. The van der Waals surface area contributed by atoms with Gasteiger partial charge >= 0.3 is 12.0 Å². The van der Waals surface area contributed by atoms with Crippen molar-refractivity contribution < 1.29 is 14.3 Å². The molecule has 2 amide bonds. The van der Waals surface area contributed by atoms with E-state index >= 15 is 0 Å². The molecular weight excluding hydrogens is 492 g/mol. The van der Waals surface area contributed by atoms with Crippen LogP contribution in [0.15, 0.2) is 24.5 Å². The van der Waals surface area contributed by atoms with E-state index in [1.54, 1.807) is 0 Å². The largest absolute Gasteiger partial charge is 0.462 e. The quantitative estimate of drug-likeness (QED) is 0.375. The minimum absolute atomic E-state index is 0.284. The molecule has 9 heteroatoms. The summed E-state index contributed by atoms with van der Waals surface area (Å²) >= 11 is 3.33. The number of amides is 2. The number of hydrogen-bond acceptors (Lipinski definition) is 6. The number of aryl methyl sites for hydroxylation is 1. The van der Waals surface area contributed by atoms with Gasteiger partial charge in [0, 0.05) is 47.3 Å². The maximum absolute atomic E-state index is 13.1. The van der Waals surface area contributed by atoms with E-state index in [2.05, 4.69) is 46.3 Å². The first kappa shape index (κ1) is 25.0. The van der Waals surface area contributed by atoms with Crippen LogP contribution >= 0.6 is 22.7 Å². The number of esters is 1. The molecule has 0 saturated heterocycles. The Hall–Kier alpha value is -2.62. The van der Waals surface area contributed by atoms with E-state index in [4.69, 9.17) is 4.74 Å². The molecule has 0 bridgehead atoms. The number of nitrogens with zero attached hydrogens (tertiary/aromatic N) is 2. The van der Waals surface area contributed by atoms with E-state index in [0.29, 0.717) is 23.7 Å². The molecule has 1 aliphatic carbocycles. The molecule has 2 aliphatic rings. The number of carbonyl (C=O) groups is 2. The van der Waals surface area contributed by atoms with Gasteiger partial charge in [-0.3, -0.25) is 10.2 Å². The number of thiophene rings is 2. The lowest BCUT2D eigenvalue weighted by atomic mass is 9.86. The molecular formula is C27H34N4O3S2. The lowest BCUT2D eigenvalue weighted by Gasteiger charge is -2.25. The minimum Gasteiger partial charge on any atom is -0.462 e. The number of urea groups is 1. The van der Waals surface area contributed by atoms with Crippen LogP contribution in [0, 0.1) is 0 Å². The van der Waals surface area contributed by atoms with Gasteiger partial charge in [0.2, 0.25) is 0 Å². The molecule has 1 unspecified atom stereocenters. The molecule has 3 aromatic heterocycles. The molecule has 192 valence electrons. The number of aromatic nitrogens is 1. The number of fused-ring (bicyclic) bond motifs is 2. The van der Waals surface area contributed by atoms with Gasteiger partial charge in [-0.25, -0.2) is 9.59 Å². The summed E-state index contributed by atoms with van der Waals surface area (Å²) in [5.74, 6) is -0.0616. The number of anilines is 1. The maximum atomic E-state index is 13.1. The summed E-state index contributed by atoms with van der Waals surface area (Å²) in [5, 5.41) is 7.84. The van der Waals surface area contributed by atoms with Gasteiger partial charge in [0.05, 0.1) is 12.2 Å². The SMILES string of the molecule is CCOC(=O)c1c(NC(=O)NCc2c(-n3cccc3)sc3c2CCN(CC)C3)sc2c1C(C)CCC2. The molecule has 1 atom stereocenters. The zero-order valence-corrected chi connectivity index (χ0v) is 22.8. The molecule has 3 aromatic rings. The first-order chi connectivity index (χ1) is 17.5. The summed E-state index contributed by atoms with van der Waals surface area (Å²) in [4.78, 5) is 31.0. The number of carbonyl (C=O) groups excluding carboxylic acids is 2. The van der Waals surface area contributed by atoms with Crippen LogP contribution in [0.25, 0.3) is 5.00 Å². The van der Waals surface area contributed by atoms with Gasteiger partial charge in [0.1, 0.15) is 10.0 Å². The van der Waals surface area contributed by atoms with Gasteiger partial charge in [-0.05, 0) is 68.3 Å². The Balaban J connectivity index is 1.37. The Morgan fingerprint density at radius 1 is 1.14 bits per heavy atom. The molecule has 2 N–H and O–H groups in total. The van der Waals surface area contributed by atoms with Gasteiger partial charge in [-0.15, -0.1) is 22.7 Å². The second-order valence-electron chi connectivity index (χ2n) is 9.46. The lowest BCUT2D eigenvalue weighted by molar-refractivity contribution is 0.0526. The Labute approximate surface area is 220 Å². The average molecular weight is 527 g/mol. The molecule has 7 nitrogen and oxygen atoms in total. The highest BCUT2D eigenvalue weighted by atomic mass is 32.1. The van der Waals surface area contributed by atoms with Crippen molar-refractivity contribution in [3.63, 3.8) is 0 Å². The van der Waals surface area contributed by atoms with Crippen LogP contribution in [-0.2, 0) is 30.7 Å². The molecule has 36 heavy (non-hydrogen) atoms. The molecule has 0 fully saturated rings. The maximum Gasteiger partial charge on any atom is 0.341 e. The van der Waals surface area contributed by atoms with Crippen LogP contribution in [0.3, 0.4) is 0 Å². The second kappa shape index (κ2) is 10.8. The van der Waals surface area contributed by atoms with E-state index < -0.39 is 0 Å². The predicted octanol–water partition coefficient (Wildman–Crippen LogP) is 5.92. The Kier molecular flexibility index (Phi) is 7.50. The fraction of sp³-hybridized carbons (Fsp3) is 0.481. The monoisotopic (exact) mass is 526 g/mol. The van der Waals surface area contributed by atoms with E-state index in [1.807, 2.05) is 30.4 Å². The predicted molar refractivity (Wildman–Crippen MR) is 146 cm³/mol. The fourth-order valence-electron chi connectivity index (χ4n) is 5.36. The molecule has 4 heterocycles. The summed E-state index contributed by atoms with van der Waals surface area (Å²) in [6.45, 7) is 9.94. The molecule has 0 radical (unpaired) electrons. The smallest absolute Gasteiger partial charge is 0.341 e. The van der Waals surface area contributed by atoms with E-state index in [1.165, 1.54) is 32.2 Å². The van der Waals surface area contributed by atoms with E-state index in [0.717, 1.165) is 55.9 Å². The number of ether oxygens (including phenoxy) is 1. The summed E-state index contributed by atoms with van der Waals surface area (Å²) in [6, 6.07) is 3.76. The zero-order valence-electron chi connectivity index (χ0n) is 21.2. The highest BCUT2D eigenvalue weighted by Gasteiger charge is 2.31. The second-order valence-corrected chi connectivity index (χ2v) is 11.6. The average Bonchev–Trinajstić information content (AvgIpc) is 3.60. The van der Waals surface area contributed by atoms with Crippen LogP contribution < -0.4 is 10.6 Å². The first-order valence-electron chi connectivity index (χ1n) is 12.9. The summed E-state index contributed by atoms with van der Waals surface area (Å²) in [5.41, 5.74) is 4.14. The fourth-order valence-corrected chi connectivity index (χ4v) is 8.08. The van der Waals surface area contributed by atoms with Crippen LogP contribution in [-0.4, -0.2) is 41.2 Å². The third-order valence-corrected chi connectivity index (χ3v) is 9.65. The van der Waals surface area contributed by atoms with Crippen molar-refractivity contribution in [1.82, 2.24) is 14.8 Å². The van der Waals surface area contributed by atoms with Crippen LogP contribution in [0.4, 0.5) is 9.80 Å². The van der Waals surface area contributed by atoms with Crippen molar-refractivity contribution in [1.29, 1.82) is 0 Å². The zero-order chi connectivity index (χ0) is 25.2. The topological polar surface area (TPSA) is 75.6 Å². The van der Waals surface area contributed by atoms with Crippen molar-refractivity contribution in [3.05, 3.63) is 56.5 Å². The van der Waals surface area contributed by atoms with Crippen molar-refractivity contribution in [2.75, 3.05) is 25.0 Å². The van der Waals surface area contributed by atoms with E-state index in [9.17, 15) is 9.59 Å². The van der Waals surface area contributed by atoms with Crippen LogP contribution in [0.5, 0.6) is 0 Å². The third kappa shape index (κ3) is 4.84. The number of likely N-dealkylation sites (N-methyl/N-ethyl adjacent to an activating group) is 1. The summed E-state index contributed by atoms with van der Waals surface area (Å²) in [7, 11) is 0. The van der Waals surface area contributed by atoms with Crippen LogP contribution in [0.1, 0.15) is 76.3 Å². The van der Waals surface area contributed by atoms with Crippen LogP contribution in [0.2, 0.25) is 0 Å². The third-order valence-electron chi connectivity index (χ3n) is 7.20. The van der Waals surface area contributed by atoms with Crippen molar-refractivity contribution >= 4 is 39.7 Å². The van der Waals surface area contributed by atoms with Gasteiger partial charge in [-0.2, -0.15) is 0 Å². The van der Waals surface area contributed by atoms with Crippen molar-refractivity contribution in [3.8, 4) is 5.00 Å². The highest BCUT2D eigenvalue weighted by molar-refractivity contribution is 7.17. The van der Waals surface area contributed by atoms with Crippen molar-refractivity contribution in [2.45, 2.75) is 65.5 Å². The summed E-state index contributed by atoms with van der Waals surface area (Å²) < 4.78 is 7.51. The molecule has 0 saturated carbocycles.